The van der Waals surface area contributed by atoms with E-state index in [1.165, 1.54) is 5.56 Å². The summed E-state index contributed by atoms with van der Waals surface area (Å²) in [6, 6.07) is 13.0. The molecule has 0 spiro atoms. The molecule has 0 unspecified atom stereocenters. The van der Waals surface area contributed by atoms with Crippen LogP contribution in [0.2, 0.25) is 0 Å². The van der Waals surface area contributed by atoms with Gasteiger partial charge in [0.25, 0.3) is 5.91 Å². The van der Waals surface area contributed by atoms with Crippen molar-refractivity contribution in [3.8, 4) is 6.07 Å². The van der Waals surface area contributed by atoms with E-state index in [0.29, 0.717) is 17.0 Å². The van der Waals surface area contributed by atoms with Gasteiger partial charge in [0, 0.05) is 56.1 Å². The molecule has 2 aromatic rings. The highest BCUT2D eigenvalue weighted by Gasteiger charge is 2.34. The van der Waals surface area contributed by atoms with Crippen LogP contribution in [0.25, 0.3) is 0 Å². The summed E-state index contributed by atoms with van der Waals surface area (Å²) in [5.74, 6) is 0.274. The van der Waals surface area contributed by atoms with Crippen LogP contribution in [0, 0.1) is 17.2 Å². The van der Waals surface area contributed by atoms with Crippen LogP contribution in [-0.2, 0) is 6.54 Å². The molecule has 140 valence electrons. The molecule has 0 aliphatic carbocycles. The third-order valence-corrected chi connectivity index (χ3v) is 4.84. The molecule has 1 aromatic heterocycles. The maximum atomic E-state index is 12.7. The zero-order valence-corrected chi connectivity index (χ0v) is 15.8. The summed E-state index contributed by atoms with van der Waals surface area (Å²) in [6.07, 6.45) is 3.67. The molecule has 1 amide bonds. The molecule has 2 atom stereocenters. The van der Waals surface area contributed by atoms with Crippen molar-refractivity contribution in [3.05, 3.63) is 65.5 Å². The van der Waals surface area contributed by atoms with Crippen molar-refractivity contribution < 1.29 is 4.79 Å². The van der Waals surface area contributed by atoms with E-state index in [9.17, 15) is 4.79 Å². The van der Waals surface area contributed by atoms with Gasteiger partial charge in [-0.25, -0.2) is 0 Å². The number of nitrogens with one attached hydrogen (secondary N) is 1. The van der Waals surface area contributed by atoms with Crippen molar-refractivity contribution >= 4 is 5.91 Å². The Morgan fingerprint density at radius 1 is 1.30 bits per heavy atom. The van der Waals surface area contributed by atoms with Crippen molar-refractivity contribution in [2.45, 2.75) is 12.6 Å². The average Bonchev–Trinajstić information content (AvgIpc) is 3.02. The molecular formula is C21H25N5O. The third-order valence-electron chi connectivity index (χ3n) is 4.84. The fourth-order valence-electron chi connectivity index (χ4n) is 3.60. The van der Waals surface area contributed by atoms with Gasteiger partial charge in [-0.1, -0.05) is 6.07 Å². The fourth-order valence-corrected chi connectivity index (χ4v) is 3.60. The second-order valence-corrected chi connectivity index (χ2v) is 7.35. The number of nitriles is 1. The predicted octanol–water partition coefficient (Wildman–Crippen LogP) is 1.75. The van der Waals surface area contributed by atoms with E-state index < -0.39 is 0 Å². The van der Waals surface area contributed by atoms with Crippen LogP contribution >= 0.6 is 0 Å². The van der Waals surface area contributed by atoms with Crippen molar-refractivity contribution in [3.63, 3.8) is 0 Å². The number of benzene rings is 1. The lowest BCUT2D eigenvalue weighted by Crippen LogP contribution is -2.43. The molecule has 6 nitrogen and oxygen atoms in total. The first-order valence-corrected chi connectivity index (χ1v) is 9.12. The molecule has 1 aliphatic rings. The molecular weight excluding hydrogens is 338 g/mol. The lowest BCUT2D eigenvalue weighted by atomic mass is 10.0. The van der Waals surface area contributed by atoms with Gasteiger partial charge in [0.15, 0.2) is 0 Å². The number of pyridine rings is 1. The Balaban J connectivity index is 1.67. The van der Waals surface area contributed by atoms with Gasteiger partial charge < -0.3 is 10.2 Å². The standard InChI is InChI=1S/C21H25N5O/c1-25(2)13-19-14-26(12-17-4-3-9-23-11-17)15-20(19)24-21(27)18-7-5-16(10-22)6-8-18/h3-9,11,19-20H,12-15H2,1-2H3,(H,24,27)/t19-,20-/m1/s1. The van der Waals surface area contributed by atoms with Crippen LogP contribution in [0.1, 0.15) is 21.5 Å². The lowest BCUT2D eigenvalue weighted by Gasteiger charge is -2.23. The number of hydrogen-bond acceptors (Lipinski definition) is 5. The average molecular weight is 363 g/mol. The summed E-state index contributed by atoms with van der Waals surface area (Å²) in [4.78, 5) is 21.4. The van der Waals surface area contributed by atoms with Gasteiger partial charge in [0.2, 0.25) is 0 Å². The number of rotatable bonds is 6. The first-order valence-electron chi connectivity index (χ1n) is 9.12. The van der Waals surface area contributed by atoms with Crippen LogP contribution in [0.15, 0.2) is 48.8 Å². The van der Waals surface area contributed by atoms with Crippen LogP contribution in [-0.4, -0.2) is 60.5 Å². The summed E-state index contributed by atoms with van der Waals surface area (Å²) in [7, 11) is 4.12. The van der Waals surface area contributed by atoms with Gasteiger partial charge in [-0.05, 0) is 50.0 Å². The molecule has 27 heavy (non-hydrogen) atoms. The largest absolute Gasteiger partial charge is 0.348 e. The van der Waals surface area contributed by atoms with Gasteiger partial charge in [-0.2, -0.15) is 5.26 Å². The third kappa shape index (κ3) is 5.13. The maximum absolute atomic E-state index is 12.7. The van der Waals surface area contributed by atoms with E-state index in [1.54, 1.807) is 30.5 Å². The smallest absolute Gasteiger partial charge is 0.251 e. The Hall–Kier alpha value is -2.75. The molecule has 0 radical (unpaired) electrons. The Bertz CT molecular complexity index is 798. The Kier molecular flexibility index (Phi) is 6.17. The summed E-state index contributed by atoms with van der Waals surface area (Å²) in [5.41, 5.74) is 2.32. The molecule has 0 bridgehead atoms. The number of carbonyl (C=O) groups is 1. The zero-order valence-electron chi connectivity index (χ0n) is 15.8. The monoisotopic (exact) mass is 363 g/mol. The SMILES string of the molecule is CN(C)C[C@@H]1CN(Cc2cccnc2)C[C@H]1NC(=O)c1ccc(C#N)cc1. The summed E-state index contributed by atoms with van der Waals surface area (Å²) in [5, 5.41) is 12.1. The highest BCUT2D eigenvalue weighted by molar-refractivity contribution is 5.94. The minimum Gasteiger partial charge on any atom is -0.348 e. The van der Waals surface area contributed by atoms with Gasteiger partial charge in [-0.3, -0.25) is 14.7 Å². The number of likely N-dealkylation sites (tertiary alicyclic amines) is 1. The van der Waals surface area contributed by atoms with E-state index in [2.05, 4.69) is 46.3 Å². The molecule has 1 saturated heterocycles. The minimum atomic E-state index is -0.0866. The number of nitrogens with zero attached hydrogens (tertiary/aromatic N) is 4. The Morgan fingerprint density at radius 2 is 2.07 bits per heavy atom. The maximum Gasteiger partial charge on any atom is 0.251 e. The van der Waals surface area contributed by atoms with Crippen LogP contribution in [0.5, 0.6) is 0 Å². The number of hydrogen-bond donors (Lipinski definition) is 1. The summed E-state index contributed by atoms with van der Waals surface area (Å²) in [6.45, 7) is 3.50. The van der Waals surface area contributed by atoms with Crippen LogP contribution in [0.3, 0.4) is 0 Å². The topological polar surface area (TPSA) is 72.3 Å². The first-order chi connectivity index (χ1) is 13.0. The number of aromatic nitrogens is 1. The van der Waals surface area contributed by atoms with E-state index in [-0.39, 0.29) is 11.9 Å². The molecule has 2 heterocycles. The van der Waals surface area contributed by atoms with Crippen LogP contribution < -0.4 is 5.32 Å². The van der Waals surface area contributed by atoms with Crippen molar-refractivity contribution in [1.29, 1.82) is 5.26 Å². The van der Waals surface area contributed by atoms with E-state index >= 15 is 0 Å². The molecule has 0 saturated carbocycles. The fraction of sp³-hybridized carbons (Fsp3) is 0.381. The van der Waals surface area contributed by atoms with Gasteiger partial charge in [-0.15, -0.1) is 0 Å². The van der Waals surface area contributed by atoms with Gasteiger partial charge in [0.05, 0.1) is 11.6 Å². The lowest BCUT2D eigenvalue weighted by molar-refractivity contribution is 0.0927. The molecule has 1 fully saturated rings. The zero-order chi connectivity index (χ0) is 19.2. The predicted molar refractivity (Wildman–Crippen MR) is 104 cm³/mol. The molecule has 3 rings (SSSR count). The number of carbonyl (C=O) groups excluding carboxylic acids is 1. The van der Waals surface area contributed by atoms with Crippen LogP contribution in [0.4, 0.5) is 0 Å². The Labute approximate surface area is 160 Å². The van der Waals surface area contributed by atoms with E-state index in [4.69, 9.17) is 5.26 Å². The molecule has 1 aromatic carbocycles. The normalized spacial score (nSPS) is 19.8. The van der Waals surface area contributed by atoms with Gasteiger partial charge >= 0.3 is 0 Å². The molecule has 1 aliphatic heterocycles. The van der Waals surface area contributed by atoms with Crippen molar-refractivity contribution in [2.24, 2.45) is 5.92 Å². The quantitative estimate of drug-likeness (QED) is 0.846. The second-order valence-electron chi connectivity index (χ2n) is 7.35. The summed E-state index contributed by atoms with van der Waals surface area (Å²) >= 11 is 0. The summed E-state index contributed by atoms with van der Waals surface area (Å²) < 4.78 is 0. The van der Waals surface area contributed by atoms with E-state index in [1.807, 2.05) is 12.3 Å². The van der Waals surface area contributed by atoms with E-state index in [0.717, 1.165) is 26.2 Å². The van der Waals surface area contributed by atoms with Crippen molar-refractivity contribution in [1.82, 2.24) is 20.1 Å². The van der Waals surface area contributed by atoms with Gasteiger partial charge in [0.1, 0.15) is 0 Å². The van der Waals surface area contributed by atoms with Crippen molar-refractivity contribution in [2.75, 3.05) is 33.7 Å². The highest BCUT2D eigenvalue weighted by Crippen LogP contribution is 2.20. The minimum absolute atomic E-state index is 0.0866. The molecule has 1 N–H and O–H groups in total. The second kappa shape index (κ2) is 8.76. The molecule has 6 heteroatoms. The first kappa shape index (κ1) is 19.0. The number of amides is 1. The highest BCUT2D eigenvalue weighted by atomic mass is 16.1. The Morgan fingerprint density at radius 3 is 2.70 bits per heavy atom.